The van der Waals surface area contributed by atoms with Crippen molar-refractivity contribution in [1.82, 2.24) is 4.90 Å². The summed E-state index contributed by atoms with van der Waals surface area (Å²) < 4.78 is 5.60. The smallest absolute Gasteiger partial charge is 0.241 e. The molecule has 7 heteroatoms. The van der Waals surface area contributed by atoms with Gasteiger partial charge in [0.1, 0.15) is 5.58 Å². The summed E-state index contributed by atoms with van der Waals surface area (Å²) in [7, 11) is 1.67. The molecule has 7 nitrogen and oxygen atoms in total. The van der Waals surface area contributed by atoms with Crippen molar-refractivity contribution in [1.29, 1.82) is 0 Å². The summed E-state index contributed by atoms with van der Waals surface area (Å²) in [4.78, 5) is 38.8. The summed E-state index contributed by atoms with van der Waals surface area (Å²) in [5.74, 6) is 1.67. The molecule has 2 amide bonds. The fourth-order valence-electron chi connectivity index (χ4n) is 3.10. The maximum absolute atomic E-state index is 12.8. The van der Waals surface area contributed by atoms with Crippen LogP contribution in [0.25, 0.3) is 11.0 Å². The molecule has 2 aromatic carbocycles. The summed E-state index contributed by atoms with van der Waals surface area (Å²) >= 11 is 0. The summed E-state index contributed by atoms with van der Waals surface area (Å²) in [5.41, 5.74) is 2.09. The lowest BCUT2D eigenvalue weighted by atomic mass is 10.1. The molecule has 31 heavy (non-hydrogen) atoms. The maximum atomic E-state index is 12.8. The van der Waals surface area contributed by atoms with Crippen molar-refractivity contribution in [2.45, 2.75) is 19.9 Å². The van der Waals surface area contributed by atoms with Crippen molar-refractivity contribution in [2.75, 3.05) is 24.2 Å². The molecule has 0 fully saturated rings. The Hall–Kier alpha value is -3.89. The predicted molar refractivity (Wildman–Crippen MR) is 120 cm³/mol. The van der Waals surface area contributed by atoms with E-state index in [0.29, 0.717) is 27.9 Å². The zero-order chi connectivity index (χ0) is 22.5. The average Bonchev–Trinajstić information content (AvgIpc) is 3.12. The Labute approximate surface area is 180 Å². The van der Waals surface area contributed by atoms with Crippen molar-refractivity contribution in [3.8, 4) is 12.3 Å². The van der Waals surface area contributed by atoms with Crippen molar-refractivity contribution in [3.63, 3.8) is 0 Å². The number of rotatable bonds is 7. The van der Waals surface area contributed by atoms with E-state index >= 15 is 0 Å². The number of hydrogen-bond acceptors (Lipinski definition) is 5. The minimum absolute atomic E-state index is 0.0133. The Bertz CT molecular complexity index is 1190. The second kappa shape index (κ2) is 9.28. The molecule has 0 saturated carbocycles. The van der Waals surface area contributed by atoms with Gasteiger partial charge in [-0.1, -0.05) is 24.1 Å². The number of carbonyl (C=O) groups is 3. The van der Waals surface area contributed by atoms with E-state index in [2.05, 4.69) is 16.6 Å². The van der Waals surface area contributed by atoms with Crippen LogP contribution in [0.1, 0.15) is 30.0 Å². The third-order valence-electron chi connectivity index (χ3n) is 4.91. The third-order valence-corrected chi connectivity index (χ3v) is 4.91. The normalized spacial score (nSPS) is 11.7. The van der Waals surface area contributed by atoms with Crippen LogP contribution in [-0.2, 0) is 9.59 Å². The van der Waals surface area contributed by atoms with Gasteiger partial charge in [0.2, 0.25) is 11.8 Å². The number of para-hydroxylation sites is 1. The zero-order valence-electron chi connectivity index (χ0n) is 17.6. The molecule has 0 radical (unpaired) electrons. The number of benzene rings is 2. The molecule has 1 aromatic heterocycles. The highest BCUT2D eigenvalue weighted by molar-refractivity contribution is 6.11. The van der Waals surface area contributed by atoms with Gasteiger partial charge in [-0.2, -0.15) is 0 Å². The number of ketones is 1. The lowest BCUT2D eigenvalue weighted by Gasteiger charge is -2.23. The number of Topliss-reactive ketones (excluding diaryl/α,β-unsaturated/α-hetero) is 1. The fourth-order valence-corrected chi connectivity index (χ4v) is 3.10. The Morgan fingerprint density at radius 2 is 1.87 bits per heavy atom. The van der Waals surface area contributed by atoms with Crippen molar-refractivity contribution < 1.29 is 18.8 Å². The zero-order valence-corrected chi connectivity index (χ0v) is 17.6. The Morgan fingerprint density at radius 3 is 2.58 bits per heavy atom. The van der Waals surface area contributed by atoms with E-state index in [4.69, 9.17) is 10.8 Å². The Kier molecular flexibility index (Phi) is 6.53. The van der Waals surface area contributed by atoms with Crippen molar-refractivity contribution in [3.05, 3.63) is 59.9 Å². The van der Waals surface area contributed by atoms with E-state index in [0.717, 1.165) is 0 Å². The van der Waals surface area contributed by atoms with Crippen molar-refractivity contribution in [2.24, 2.45) is 0 Å². The van der Waals surface area contributed by atoms with Crippen LogP contribution in [0.15, 0.2) is 52.9 Å². The Balaban J connectivity index is 1.68. The largest absolute Gasteiger partial charge is 0.451 e. The molecule has 3 rings (SSSR count). The fraction of sp³-hybridized carbons (Fsp3) is 0.208. The van der Waals surface area contributed by atoms with Gasteiger partial charge >= 0.3 is 0 Å². The molecule has 1 atom stereocenters. The van der Waals surface area contributed by atoms with Crippen LogP contribution in [0.4, 0.5) is 11.4 Å². The first-order chi connectivity index (χ1) is 14.8. The quantitative estimate of drug-likeness (QED) is 0.453. The molecule has 158 valence electrons. The molecule has 2 N–H and O–H groups in total. The van der Waals surface area contributed by atoms with E-state index in [1.807, 2.05) is 0 Å². The lowest BCUT2D eigenvalue weighted by molar-refractivity contribution is -0.122. The summed E-state index contributed by atoms with van der Waals surface area (Å²) in [6, 6.07) is 13.4. The molecule has 0 aliphatic rings. The molecule has 1 unspecified atom stereocenters. The second-order valence-corrected chi connectivity index (χ2v) is 7.21. The van der Waals surface area contributed by atoms with Gasteiger partial charge < -0.3 is 15.1 Å². The van der Waals surface area contributed by atoms with Crippen LogP contribution < -0.4 is 10.6 Å². The number of anilines is 2. The topological polar surface area (TPSA) is 91.7 Å². The Morgan fingerprint density at radius 1 is 1.13 bits per heavy atom. The summed E-state index contributed by atoms with van der Waals surface area (Å²) in [6.07, 6.45) is 5.38. The number of fused-ring (bicyclic) bond motifs is 1. The number of nitrogens with one attached hydrogen (secondary N) is 2. The van der Waals surface area contributed by atoms with Gasteiger partial charge in [0.15, 0.2) is 11.5 Å². The van der Waals surface area contributed by atoms with Crippen LogP contribution in [0.2, 0.25) is 0 Å². The molecular formula is C24H23N3O4. The van der Waals surface area contributed by atoms with Gasteiger partial charge in [-0.3, -0.25) is 19.3 Å². The van der Waals surface area contributed by atoms with Gasteiger partial charge in [0.05, 0.1) is 18.3 Å². The number of furan rings is 1. The van der Waals surface area contributed by atoms with E-state index in [1.165, 1.54) is 6.92 Å². The highest BCUT2D eigenvalue weighted by atomic mass is 16.3. The van der Waals surface area contributed by atoms with Crippen LogP contribution in [0.5, 0.6) is 0 Å². The number of hydrogen-bond donors (Lipinski definition) is 2. The molecule has 3 aromatic rings. The van der Waals surface area contributed by atoms with Crippen LogP contribution in [0.3, 0.4) is 0 Å². The average molecular weight is 417 g/mol. The van der Waals surface area contributed by atoms with Crippen molar-refractivity contribution >= 4 is 39.9 Å². The van der Waals surface area contributed by atoms with Crippen LogP contribution in [0, 0.1) is 12.3 Å². The highest BCUT2D eigenvalue weighted by Crippen LogP contribution is 2.31. The molecule has 0 aliphatic heterocycles. The molecule has 0 aliphatic carbocycles. The van der Waals surface area contributed by atoms with E-state index < -0.39 is 6.04 Å². The number of terminal acetylenes is 1. The standard InChI is InChI=1S/C24H23N3O4/c1-5-17-9-8-10-18(13-17)25-21(29)14-27(4)15(2)24(30)26-22-19-11-6-7-12-20(19)31-23(22)16(3)28/h1,6-13,15H,14H2,2-4H3,(H,25,29)(H,26,30). The number of amides is 2. The SMILES string of the molecule is C#Cc1cccc(NC(=O)CN(C)C(C)C(=O)Nc2c(C(C)=O)oc3ccccc23)c1. The molecule has 1 heterocycles. The first-order valence-corrected chi connectivity index (χ1v) is 9.70. The molecule has 0 saturated heterocycles. The number of carbonyl (C=O) groups excluding carboxylic acids is 3. The number of nitrogens with zero attached hydrogens (tertiary/aromatic N) is 1. The summed E-state index contributed by atoms with van der Waals surface area (Å²) in [6.45, 7) is 3.04. The second-order valence-electron chi connectivity index (χ2n) is 7.21. The maximum Gasteiger partial charge on any atom is 0.241 e. The van der Waals surface area contributed by atoms with Gasteiger partial charge in [-0.15, -0.1) is 6.42 Å². The predicted octanol–water partition coefficient (Wildman–Crippen LogP) is 3.51. The highest BCUT2D eigenvalue weighted by Gasteiger charge is 2.24. The summed E-state index contributed by atoms with van der Waals surface area (Å²) in [5, 5.41) is 6.19. The van der Waals surface area contributed by atoms with E-state index in [1.54, 1.807) is 67.4 Å². The van der Waals surface area contributed by atoms with Crippen LogP contribution >= 0.6 is 0 Å². The van der Waals surface area contributed by atoms with Gasteiger partial charge in [-0.25, -0.2) is 0 Å². The first kappa shape index (κ1) is 21.8. The van der Waals surface area contributed by atoms with E-state index in [-0.39, 0.29) is 29.9 Å². The molecule has 0 bridgehead atoms. The molecule has 0 spiro atoms. The monoisotopic (exact) mass is 417 g/mol. The van der Waals surface area contributed by atoms with Gasteiger partial charge in [0, 0.05) is 23.6 Å². The minimum atomic E-state index is -0.642. The number of likely N-dealkylation sites (N-methyl/N-ethyl adjacent to an activating group) is 1. The molecular weight excluding hydrogens is 394 g/mol. The van der Waals surface area contributed by atoms with Gasteiger partial charge in [0.25, 0.3) is 0 Å². The minimum Gasteiger partial charge on any atom is -0.451 e. The first-order valence-electron chi connectivity index (χ1n) is 9.70. The third kappa shape index (κ3) is 5.00. The van der Waals surface area contributed by atoms with Gasteiger partial charge in [-0.05, 0) is 44.3 Å². The van der Waals surface area contributed by atoms with Crippen LogP contribution in [-0.4, -0.2) is 42.1 Å². The van der Waals surface area contributed by atoms with E-state index in [9.17, 15) is 14.4 Å². The lowest BCUT2D eigenvalue weighted by Crippen LogP contribution is -2.43.